The van der Waals surface area contributed by atoms with E-state index in [1.54, 1.807) is 24.5 Å². The minimum absolute atomic E-state index is 0.0115. The van der Waals surface area contributed by atoms with Crippen molar-refractivity contribution in [2.45, 2.75) is 38.1 Å². The van der Waals surface area contributed by atoms with Crippen LogP contribution < -0.4 is 4.74 Å². The molecule has 2 aliphatic heterocycles. The summed E-state index contributed by atoms with van der Waals surface area (Å²) in [5.74, 6) is -0.162. The molecule has 1 fully saturated rings. The van der Waals surface area contributed by atoms with Crippen LogP contribution in [0, 0.1) is 10.1 Å². The van der Waals surface area contributed by atoms with Crippen LogP contribution >= 0.6 is 0 Å². The summed E-state index contributed by atoms with van der Waals surface area (Å²) in [5.41, 5.74) is 1.59. The second-order valence-electron chi connectivity index (χ2n) is 10.9. The molecule has 1 N–H and O–H groups in total. The maximum Gasteiger partial charge on any atom is 0.336 e. The number of likely N-dealkylation sites (tertiary alicyclic amines) is 1. The summed E-state index contributed by atoms with van der Waals surface area (Å²) in [6.07, 6.45) is 6.54. The first kappa shape index (κ1) is 31.0. The zero-order valence-corrected chi connectivity index (χ0v) is 24.9. The van der Waals surface area contributed by atoms with Crippen LogP contribution in [0.2, 0.25) is 0 Å². The Morgan fingerprint density at radius 2 is 1.89 bits per heavy atom. The molecule has 44 heavy (non-hydrogen) atoms. The van der Waals surface area contributed by atoms with Gasteiger partial charge in [0.05, 0.1) is 48.8 Å². The summed E-state index contributed by atoms with van der Waals surface area (Å²) in [7, 11) is 1.36. The summed E-state index contributed by atoms with van der Waals surface area (Å²) in [5, 5.41) is 22.6. The van der Waals surface area contributed by atoms with Gasteiger partial charge in [-0.05, 0) is 68.1 Å². The Morgan fingerprint density at radius 3 is 2.57 bits per heavy atom. The van der Waals surface area contributed by atoms with Crippen molar-refractivity contribution in [2.75, 3.05) is 46.5 Å². The largest absolute Gasteiger partial charge is 0.490 e. The number of aliphatic imine (C=N–C) groups is 1. The molecule has 0 radical (unpaired) electrons. The maximum atomic E-state index is 13.0. The van der Waals surface area contributed by atoms with Gasteiger partial charge in [-0.3, -0.25) is 10.1 Å². The number of hydrogen-bond donors (Lipinski definition) is 1. The third-order valence-electron chi connectivity index (χ3n) is 8.04. The van der Waals surface area contributed by atoms with E-state index in [1.165, 1.54) is 38.5 Å². The number of carboxylic acid groups (broad SMARTS) is 1. The van der Waals surface area contributed by atoms with E-state index in [9.17, 15) is 20.0 Å². The summed E-state index contributed by atoms with van der Waals surface area (Å²) in [4.78, 5) is 33.5. The van der Waals surface area contributed by atoms with Crippen LogP contribution in [-0.2, 0) is 16.0 Å². The number of furan rings is 1. The molecule has 2 aliphatic rings. The molecule has 1 atom stereocenters. The fraction of sp³-hybridized carbons (Fsp3) is 0.394. The third kappa shape index (κ3) is 7.35. The highest BCUT2D eigenvalue weighted by Gasteiger charge is 2.39. The van der Waals surface area contributed by atoms with Crippen molar-refractivity contribution in [1.29, 1.82) is 0 Å². The molecule has 3 heterocycles. The van der Waals surface area contributed by atoms with Crippen LogP contribution in [-0.4, -0.2) is 78.1 Å². The van der Waals surface area contributed by atoms with E-state index in [1.807, 2.05) is 35.2 Å². The van der Waals surface area contributed by atoms with Crippen molar-refractivity contribution in [3.63, 3.8) is 0 Å². The summed E-state index contributed by atoms with van der Waals surface area (Å²) < 4.78 is 17.0. The van der Waals surface area contributed by atoms with Crippen LogP contribution in [0.1, 0.15) is 48.6 Å². The zero-order valence-electron chi connectivity index (χ0n) is 24.9. The lowest BCUT2D eigenvalue weighted by Gasteiger charge is -2.38. The van der Waals surface area contributed by atoms with Gasteiger partial charge in [-0.25, -0.2) is 9.79 Å². The SMILES string of the molecule is COc1ccc(C2C(C(=O)O)=C(COCCN3CCCCC3)N=C(c3ccco3)N2CCCc2ccccc2)cc1[N+](=O)[O-]. The van der Waals surface area contributed by atoms with Gasteiger partial charge in [0.25, 0.3) is 0 Å². The van der Waals surface area contributed by atoms with Gasteiger partial charge in [0.1, 0.15) is 0 Å². The molecule has 11 heteroatoms. The molecular weight excluding hydrogens is 564 g/mol. The molecule has 0 aliphatic carbocycles. The highest BCUT2D eigenvalue weighted by atomic mass is 16.6. The van der Waals surface area contributed by atoms with Gasteiger partial charge >= 0.3 is 11.7 Å². The number of nitro benzene ring substituents is 1. The minimum atomic E-state index is -1.17. The number of carbonyl (C=O) groups is 1. The standard InChI is InChI=1S/C33H38N4O7/c1-42-28-15-14-25(22-27(28)37(40)41)31-30(33(38)39)26(23-43-21-19-35-16-6-3-7-17-35)34-32(29-13-9-20-44-29)36(31)18-8-12-24-10-4-2-5-11-24/h2,4-5,9-11,13-15,20,22,31H,3,6-8,12,16-19,21,23H2,1H3,(H,38,39). The minimum Gasteiger partial charge on any atom is -0.490 e. The Bertz CT molecular complexity index is 1480. The fourth-order valence-corrected chi connectivity index (χ4v) is 5.89. The number of ether oxygens (including phenoxy) is 2. The first-order valence-corrected chi connectivity index (χ1v) is 15.0. The number of nitro groups is 1. The topological polar surface area (TPSA) is 131 Å². The third-order valence-corrected chi connectivity index (χ3v) is 8.04. The van der Waals surface area contributed by atoms with Crippen molar-refractivity contribution in [2.24, 2.45) is 4.99 Å². The van der Waals surface area contributed by atoms with E-state index >= 15 is 0 Å². The predicted molar refractivity (Wildman–Crippen MR) is 165 cm³/mol. The molecule has 0 saturated carbocycles. The molecule has 0 spiro atoms. The highest BCUT2D eigenvalue weighted by molar-refractivity contribution is 6.01. The molecule has 1 unspecified atom stereocenters. The van der Waals surface area contributed by atoms with Crippen molar-refractivity contribution < 1.29 is 28.7 Å². The highest BCUT2D eigenvalue weighted by Crippen LogP contribution is 2.40. The number of hydrogen-bond acceptors (Lipinski definition) is 9. The van der Waals surface area contributed by atoms with E-state index in [0.717, 1.165) is 31.6 Å². The van der Waals surface area contributed by atoms with Crippen molar-refractivity contribution in [1.82, 2.24) is 9.80 Å². The quantitative estimate of drug-likeness (QED) is 0.145. The Balaban J connectivity index is 1.52. The Labute approximate surface area is 256 Å². The molecule has 1 saturated heterocycles. The summed E-state index contributed by atoms with van der Waals surface area (Å²) >= 11 is 0. The number of amidine groups is 1. The second-order valence-corrected chi connectivity index (χ2v) is 10.9. The average molecular weight is 603 g/mol. The Kier molecular flexibility index (Phi) is 10.4. The molecule has 1 aromatic heterocycles. The van der Waals surface area contributed by atoms with Crippen molar-refractivity contribution in [3.8, 4) is 5.75 Å². The molecule has 0 bridgehead atoms. The first-order valence-electron chi connectivity index (χ1n) is 15.0. The fourth-order valence-electron chi connectivity index (χ4n) is 5.89. The average Bonchev–Trinajstić information content (AvgIpc) is 3.58. The van der Waals surface area contributed by atoms with Crippen LogP contribution in [0.3, 0.4) is 0 Å². The van der Waals surface area contributed by atoms with Gasteiger partial charge in [0, 0.05) is 19.2 Å². The zero-order chi connectivity index (χ0) is 30.9. The van der Waals surface area contributed by atoms with Gasteiger partial charge in [-0.15, -0.1) is 0 Å². The van der Waals surface area contributed by atoms with Crippen LogP contribution in [0.15, 0.2) is 87.6 Å². The number of rotatable bonds is 14. The lowest BCUT2D eigenvalue weighted by Crippen LogP contribution is -2.42. The van der Waals surface area contributed by atoms with Crippen molar-refractivity contribution >= 4 is 17.5 Å². The van der Waals surface area contributed by atoms with Gasteiger partial charge < -0.3 is 28.8 Å². The van der Waals surface area contributed by atoms with E-state index in [4.69, 9.17) is 18.9 Å². The number of nitrogens with zero attached hydrogens (tertiary/aromatic N) is 4. The molecule has 5 rings (SSSR count). The number of benzene rings is 2. The van der Waals surface area contributed by atoms with Crippen molar-refractivity contribution in [3.05, 3.63) is 105 Å². The predicted octanol–water partition coefficient (Wildman–Crippen LogP) is 5.47. The normalized spacial score (nSPS) is 17.4. The second kappa shape index (κ2) is 14.8. The lowest BCUT2D eigenvalue weighted by molar-refractivity contribution is -0.385. The van der Waals surface area contributed by atoms with E-state index in [2.05, 4.69) is 4.90 Å². The molecular formula is C33H38N4O7. The van der Waals surface area contributed by atoms with Crippen LogP contribution in [0.25, 0.3) is 0 Å². The monoisotopic (exact) mass is 602 g/mol. The van der Waals surface area contributed by atoms with Gasteiger partial charge in [0.2, 0.25) is 0 Å². The number of aliphatic carboxylic acids is 1. The van der Waals surface area contributed by atoms with Gasteiger partial charge in [-0.2, -0.15) is 0 Å². The Morgan fingerprint density at radius 1 is 1.09 bits per heavy atom. The van der Waals surface area contributed by atoms with Gasteiger partial charge in [0.15, 0.2) is 17.3 Å². The number of piperidine rings is 1. The van der Waals surface area contributed by atoms with Gasteiger partial charge in [-0.1, -0.05) is 42.8 Å². The molecule has 0 amide bonds. The molecule has 232 valence electrons. The van der Waals surface area contributed by atoms with E-state index < -0.39 is 16.9 Å². The summed E-state index contributed by atoms with van der Waals surface area (Å²) in [6, 6.07) is 17.2. The lowest BCUT2D eigenvalue weighted by atomic mass is 9.92. The number of methoxy groups -OCH3 is 1. The Hall–Kier alpha value is -4.48. The van der Waals surface area contributed by atoms with E-state index in [-0.39, 0.29) is 29.3 Å². The first-order chi connectivity index (χ1) is 21.5. The smallest absolute Gasteiger partial charge is 0.336 e. The van der Waals surface area contributed by atoms with E-state index in [0.29, 0.717) is 36.7 Å². The maximum absolute atomic E-state index is 13.0. The number of aryl methyl sites for hydroxylation is 1. The molecule has 2 aromatic carbocycles. The summed E-state index contributed by atoms with van der Waals surface area (Å²) in [6.45, 7) is 3.64. The van der Waals surface area contributed by atoms with Crippen LogP contribution in [0.5, 0.6) is 5.75 Å². The number of carboxylic acids is 1. The van der Waals surface area contributed by atoms with Crippen LogP contribution in [0.4, 0.5) is 5.69 Å². The molecule has 3 aromatic rings. The molecule has 11 nitrogen and oxygen atoms in total.